The second-order valence-corrected chi connectivity index (χ2v) is 11.9. The molecule has 2 aliphatic heterocycles. The van der Waals surface area contributed by atoms with E-state index in [4.69, 9.17) is 26.2 Å². The number of halogens is 1. The molecule has 1 amide bonds. The summed E-state index contributed by atoms with van der Waals surface area (Å²) in [5.41, 5.74) is 4.24. The number of thioether (sulfide) groups is 1. The van der Waals surface area contributed by atoms with Crippen molar-refractivity contribution >= 4 is 46.5 Å². The number of aliphatic imine (C=N–C) groups is 1. The van der Waals surface area contributed by atoms with E-state index in [1.165, 1.54) is 11.8 Å². The van der Waals surface area contributed by atoms with E-state index in [2.05, 4.69) is 9.89 Å². The quantitative estimate of drug-likeness (QED) is 0.153. The zero-order chi connectivity index (χ0) is 30.5. The molecule has 44 heavy (non-hydrogen) atoms. The van der Waals surface area contributed by atoms with Crippen molar-refractivity contribution < 1.29 is 19.1 Å². The monoisotopic (exact) mass is 626 g/mol. The lowest BCUT2D eigenvalue weighted by molar-refractivity contribution is -0.149. The molecule has 0 radical (unpaired) electrons. The molecule has 1 saturated heterocycles. The van der Waals surface area contributed by atoms with Gasteiger partial charge >= 0.3 is 5.97 Å². The number of amides is 1. The number of nitrogens with zero attached hydrogens (tertiary/aromatic N) is 4. The highest BCUT2D eigenvalue weighted by Crippen LogP contribution is 2.35. The minimum absolute atomic E-state index is 0.108. The molecule has 2 aliphatic rings. The van der Waals surface area contributed by atoms with E-state index in [0.717, 1.165) is 28.1 Å². The predicted molar refractivity (Wildman–Crippen MR) is 174 cm³/mol. The number of rotatable bonds is 8. The molecule has 4 aromatic rings. The first-order valence-corrected chi connectivity index (χ1v) is 15.7. The highest BCUT2D eigenvalue weighted by molar-refractivity contribution is 8.18. The van der Waals surface area contributed by atoms with Crippen LogP contribution < -0.4 is 4.74 Å². The lowest BCUT2D eigenvalue weighted by atomic mass is 9.97. The van der Waals surface area contributed by atoms with Crippen molar-refractivity contribution in [2.75, 3.05) is 19.7 Å². The van der Waals surface area contributed by atoms with Crippen LogP contribution in [0.4, 0.5) is 0 Å². The van der Waals surface area contributed by atoms with Crippen LogP contribution in [0.15, 0.2) is 95.0 Å². The molecule has 3 aromatic carbocycles. The highest BCUT2D eigenvalue weighted by Gasteiger charge is 2.32. The van der Waals surface area contributed by atoms with Gasteiger partial charge in [0.2, 0.25) is 0 Å². The Balaban J connectivity index is 1.21. The zero-order valence-electron chi connectivity index (χ0n) is 24.2. The minimum atomic E-state index is -0.278. The van der Waals surface area contributed by atoms with Crippen LogP contribution >= 0.6 is 23.4 Å². The molecule has 8 nitrogen and oxygen atoms in total. The average molecular weight is 627 g/mol. The molecule has 0 bridgehead atoms. The normalized spacial score (nSPS) is 16.3. The van der Waals surface area contributed by atoms with Crippen LogP contribution in [0.2, 0.25) is 5.02 Å². The molecule has 0 spiro atoms. The zero-order valence-corrected chi connectivity index (χ0v) is 25.8. The number of esters is 1. The molecule has 3 heterocycles. The summed E-state index contributed by atoms with van der Waals surface area (Å²) in [7, 11) is 0. The Morgan fingerprint density at radius 3 is 2.48 bits per heavy atom. The van der Waals surface area contributed by atoms with Crippen LogP contribution in [-0.2, 0) is 20.9 Å². The van der Waals surface area contributed by atoms with E-state index in [1.807, 2.05) is 103 Å². The number of carbonyl (C=O) groups excluding carboxylic acids is 2. The van der Waals surface area contributed by atoms with E-state index in [9.17, 15) is 9.59 Å². The van der Waals surface area contributed by atoms with Crippen LogP contribution in [0.25, 0.3) is 23.0 Å². The number of hydrogen-bond acceptors (Lipinski definition) is 7. The third-order valence-corrected chi connectivity index (χ3v) is 8.94. The third kappa shape index (κ3) is 6.74. The second-order valence-electron chi connectivity index (χ2n) is 10.4. The molecule has 224 valence electrons. The fourth-order valence-corrected chi connectivity index (χ4v) is 6.30. The topological polar surface area (TPSA) is 86.0 Å². The first-order valence-electron chi connectivity index (χ1n) is 14.5. The smallest absolute Gasteiger partial charge is 0.309 e. The van der Waals surface area contributed by atoms with Gasteiger partial charge in [0.25, 0.3) is 5.91 Å². The van der Waals surface area contributed by atoms with Crippen LogP contribution in [0, 0.1) is 5.92 Å². The van der Waals surface area contributed by atoms with Gasteiger partial charge in [-0.2, -0.15) is 10.1 Å². The predicted octanol–water partition coefficient (Wildman–Crippen LogP) is 7.02. The lowest BCUT2D eigenvalue weighted by Crippen LogP contribution is -2.39. The summed E-state index contributed by atoms with van der Waals surface area (Å²) in [5, 5.41) is 6.24. The second kappa shape index (κ2) is 13.5. The van der Waals surface area contributed by atoms with Gasteiger partial charge in [0.15, 0.2) is 5.17 Å². The van der Waals surface area contributed by atoms with Crippen LogP contribution in [-0.4, -0.2) is 51.4 Å². The van der Waals surface area contributed by atoms with E-state index >= 15 is 0 Å². The van der Waals surface area contributed by atoms with Crippen molar-refractivity contribution in [1.29, 1.82) is 0 Å². The number of likely N-dealkylation sites (tertiary alicyclic amines) is 1. The lowest BCUT2D eigenvalue weighted by Gasteiger charge is -2.31. The van der Waals surface area contributed by atoms with Gasteiger partial charge in [-0.05, 0) is 80.1 Å². The largest absolute Gasteiger partial charge is 0.489 e. The number of carbonyl (C=O) groups is 2. The summed E-state index contributed by atoms with van der Waals surface area (Å²) in [6, 6.07) is 25.2. The summed E-state index contributed by atoms with van der Waals surface area (Å²) in [4.78, 5) is 32.2. The van der Waals surface area contributed by atoms with Crippen molar-refractivity contribution in [1.82, 2.24) is 14.7 Å². The first-order chi connectivity index (χ1) is 21.5. The average Bonchev–Trinajstić information content (AvgIpc) is 3.65. The summed E-state index contributed by atoms with van der Waals surface area (Å²) in [6.07, 6.45) is 5.14. The van der Waals surface area contributed by atoms with E-state index in [1.54, 1.807) is 0 Å². The molecule has 0 unspecified atom stereocenters. The van der Waals surface area contributed by atoms with Crippen molar-refractivity contribution in [3.05, 3.63) is 106 Å². The number of ether oxygens (including phenoxy) is 2. The van der Waals surface area contributed by atoms with Gasteiger partial charge in [-0.1, -0.05) is 48.0 Å². The van der Waals surface area contributed by atoms with Crippen molar-refractivity contribution in [3.8, 4) is 22.7 Å². The van der Waals surface area contributed by atoms with Crippen LogP contribution in [0.1, 0.15) is 30.9 Å². The summed E-state index contributed by atoms with van der Waals surface area (Å²) in [5.74, 6) is 0.179. The molecule has 1 aromatic heterocycles. The maximum Gasteiger partial charge on any atom is 0.309 e. The van der Waals surface area contributed by atoms with Crippen molar-refractivity contribution in [2.24, 2.45) is 10.9 Å². The Labute approximate surface area is 265 Å². The molecule has 1 fully saturated rings. The Morgan fingerprint density at radius 1 is 1.02 bits per heavy atom. The van der Waals surface area contributed by atoms with E-state index in [-0.39, 0.29) is 17.8 Å². The van der Waals surface area contributed by atoms with Gasteiger partial charge in [-0.3, -0.25) is 9.59 Å². The fourth-order valence-electron chi connectivity index (χ4n) is 5.16. The Morgan fingerprint density at radius 2 is 1.75 bits per heavy atom. The maximum absolute atomic E-state index is 13.0. The number of para-hydroxylation sites is 1. The molecule has 0 saturated carbocycles. The van der Waals surface area contributed by atoms with Crippen molar-refractivity contribution in [2.45, 2.75) is 26.4 Å². The summed E-state index contributed by atoms with van der Waals surface area (Å²) < 4.78 is 13.0. The molecule has 0 N–H and O–H groups in total. The number of aromatic nitrogens is 2. The Bertz CT molecular complexity index is 1710. The van der Waals surface area contributed by atoms with Gasteiger partial charge in [-0.25, -0.2) is 4.68 Å². The van der Waals surface area contributed by atoms with E-state index in [0.29, 0.717) is 60.0 Å². The molecule has 6 rings (SSSR count). The standard InChI is InChI=1S/C34H31ClN4O4S/c1-2-42-33(41)24-16-18-38(19-17-24)34-36-32(40)30(44-34)20-26-21-39(27-9-4-3-5-10-27)37-31(26)23-12-14-28(15-13-23)43-22-25-8-6-7-11-29(25)35/h3-15,20-21,24H,2,16-19,22H2,1H3. The maximum atomic E-state index is 13.0. The number of benzene rings is 3. The van der Waals surface area contributed by atoms with Crippen molar-refractivity contribution in [3.63, 3.8) is 0 Å². The van der Waals surface area contributed by atoms with E-state index < -0.39 is 0 Å². The SMILES string of the molecule is CCOC(=O)C1CCN(C2=NC(=O)C(=Cc3cn(-c4ccccc4)nc3-c3ccc(OCc4ccccc4Cl)cc3)S2)CC1. The number of hydrogen-bond donors (Lipinski definition) is 0. The highest BCUT2D eigenvalue weighted by atomic mass is 35.5. The third-order valence-electron chi connectivity index (χ3n) is 7.52. The van der Waals surface area contributed by atoms with Gasteiger partial charge < -0.3 is 14.4 Å². The number of amidine groups is 1. The van der Waals surface area contributed by atoms with Gasteiger partial charge in [0.05, 0.1) is 28.8 Å². The molecular weight excluding hydrogens is 596 g/mol. The van der Waals surface area contributed by atoms with Crippen LogP contribution in [0.3, 0.4) is 0 Å². The van der Waals surface area contributed by atoms with Gasteiger partial charge in [-0.15, -0.1) is 0 Å². The van der Waals surface area contributed by atoms with Gasteiger partial charge in [0, 0.05) is 41.0 Å². The number of piperidine rings is 1. The minimum Gasteiger partial charge on any atom is -0.489 e. The van der Waals surface area contributed by atoms with Gasteiger partial charge in [0.1, 0.15) is 12.4 Å². The summed E-state index contributed by atoms with van der Waals surface area (Å²) in [6.45, 7) is 3.87. The summed E-state index contributed by atoms with van der Waals surface area (Å²) >= 11 is 7.64. The molecular formula is C34H31ClN4O4S. The van der Waals surface area contributed by atoms with Crippen LogP contribution in [0.5, 0.6) is 5.75 Å². The fraction of sp³-hybridized carbons (Fsp3) is 0.235. The first kappa shape index (κ1) is 29.7. The Hall–Kier alpha value is -4.34. The molecule has 0 atom stereocenters. The molecule has 10 heteroatoms. The Kier molecular flexibility index (Phi) is 9.14. The molecule has 0 aliphatic carbocycles.